The number of hydrogen-bond donors (Lipinski definition) is 1. The molecule has 120 valence electrons. The second-order valence-electron chi connectivity index (χ2n) is 5.21. The highest BCUT2D eigenvalue weighted by Gasteiger charge is 2.29. The quantitative estimate of drug-likeness (QED) is 0.579. The van der Waals surface area contributed by atoms with Crippen LogP contribution in [0.2, 0.25) is 6.32 Å². The fourth-order valence-electron chi connectivity index (χ4n) is 1.35. The zero-order chi connectivity index (χ0) is 16.0. The van der Waals surface area contributed by atoms with Gasteiger partial charge in [-0.3, -0.25) is 0 Å². The van der Waals surface area contributed by atoms with Gasteiger partial charge in [0, 0.05) is 6.04 Å². The summed E-state index contributed by atoms with van der Waals surface area (Å²) < 4.78 is 69.3. The molecule has 1 atom stereocenters. The largest absolute Gasteiger partial charge is 0.480 e. The van der Waals surface area contributed by atoms with Gasteiger partial charge in [-0.15, -0.1) is 0 Å². The van der Waals surface area contributed by atoms with Gasteiger partial charge in [0.15, 0.2) is 0 Å². The first-order chi connectivity index (χ1) is 8.89. The number of nitrogens with one attached hydrogen (secondary N) is 1. The third-order valence-electron chi connectivity index (χ3n) is 1.98. The average molecular weight is 306 g/mol. The van der Waals surface area contributed by atoms with E-state index in [9.17, 15) is 26.5 Å². The number of halogens is 5. The van der Waals surface area contributed by atoms with Crippen LogP contribution in [0.5, 0.6) is 0 Å². The van der Waals surface area contributed by atoms with Gasteiger partial charge in [-0.25, -0.2) is 4.79 Å². The van der Waals surface area contributed by atoms with Crippen LogP contribution in [0.4, 0.5) is 26.5 Å². The normalized spacial score (nSPS) is 14.2. The Bertz CT molecular complexity index is 306. The van der Waals surface area contributed by atoms with Gasteiger partial charge < -0.3 is 27.7 Å². The Labute approximate surface area is 114 Å². The summed E-state index contributed by atoms with van der Waals surface area (Å²) in [4.78, 5) is 11.4. The molecule has 0 aliphatic heterocycles. The summed E-state index contributed by atoms with van der Waals surface area (Å²) in [5, 5.41) is 2.01. The summed E-state index contributed by atoms with van der Waals surface area (Å²) in [6, 6.07) is -1.36. The van der Waals surface area contributed by atoms with Crippen LogP contribution in [0.1, 0.15) is 27.2 Å². The third kappa shape index (κ3) is 12.0. The minimum atomic E-state index is -5.17. The van der Waals surface area contributed by atoms with Crippen LogP contribution >= 0.6 is 0 Å². The molecule has 0 bridgehead atoms. The molecule has 0 aromatic heterocycles. The number of carbonyl (C=O) groups excluding carboxylic acids is 1. The molecule has 0 fully saturated rings. The monoisotopic (exact) mass is 306 g/mol. The Morgan fingerprint density at radius 3 is 2.20 bits per heavy atom. The average Bonchev–Trinajstić information content (AvgIpc) is 2.09. The summed E-state index contributed by atoms with van der Waals surface area (Å²) in [7, 11) is 0. The number of ether oxygens (including phenoxy) is 2. The standard InChI is InChI=1S/C10H18BF5NO3/c1-10(2,3)20-9(18)17-7(6-11(14,15)16)4-5-19-8(12)13/h7-8H,4-6H2,1-3H3,(H,17,18)/q-1/t7-/m0/s1. The maximum Gasteiger partial charge on any atom is 0.480 e. The minimum Gasteiger partial charge on any atom is -0.449 e. The maximum absolute atomic E-state index is 12.4. The van der Waals surface area contributed by atoms with Crippen molar-refractivity contribution >= 4 is 13.1 Å². The Morgan fingerprint density at radius 2 is 1.80 bits per heavy atom. The lowest BCUT2D eigenvalue weighted by Gasteiger charge is -2.26. The highest BCUT2D eigenvalue weighted by molar-refractivity contribution is 6.58. The van der Waals surface area contributed by atoms with E-state index in [2.05, 4.69) is 4.74 Å². The maximum atomic E-state index is 12.4. The molecule has 0 aliphatic carbocycles. The Morgan fingerprint density at radius 1 is 1.25 bits per heavy atom. The van der Waals surface area contributed by atoms with Crippen LogP contribution in [-0.2, 0) is 9.47 Å². The molecule has 0 rings (SSSR count). The van der Waals surface area contributed by atoms with Crippen LogP contribution in [0.25, 0.3) is 0 Å². The summed E-state index contributed by atoms with van der Waals surface area (Å²) in [6.45, 7) is -4.17. The molecule has 0 unspecified atom stereocenters. The number of amides is 1. The van der Waals surface area contributed by atoms with Crippen molar-refractivity contribution in [3.05, 3.63) is 0 Å². The van der Waals surface area contributed by atoms with Gasteiger partial charge in [0.1, 0.15) is 5.60 Å². The van der Waals surface area contributed by atoms with E-state index in [4.69, 9.17) is 4.74 Å². The van der Waals surface area contributed by atoms with Crippen LogP contribution in [-0.4, -0.2) is 37.9 Å². The Kier molecular flexibility index (Phi) is 7.25. The third-order valence-corrected chi connectivity index (χ3v) is 1.98. The molecule has 1 amide bonds. The first-order valence-electron chi connectivity index (χ1n) is 5.99. The topological polar surface area (TPSA) is 47.6 Å². The van der Waals surface area contributed by atoms with Crippen molar-refractivity contribution in [2.24, 2.45) is 0 Å². The van der Waals surface area contributed by atoms with Crippen LogP contribution in [0.3, 0.4) is 0 Å². The van der Waals surface area contributed by atoms with E-state index in [1.807, 2.05) is 5.32 Å². The van der Waals surface area contributed by atoms with E-state index in [1.54, 1.807) is 20.8 Å². The second-order valence-corrected chi connectivity index (χ2v) is 5.21. The van der Waals surface area contributed by atoms with Crippen LogP contribution in [0.15, 0.2) is 0 Å². The summed E-state index contributed by atoms with van der Waals surface area (Å²) >= 11 is 0. The molecule has 0 spiro atoms. The molecule has 0 aliphatic rings. The van der Waals surface area contributed by atoms with Gasteiger partial charge in [-0.1, -0.05) is 6.32 Å². The molecular formula is C10H18BF5NO3-. The lowest BCUT2D eigenvalue weighted by atomic mass is 9.80. The van der Waals surface area contributed by atoms with Crippen molar-refractivity contribution in [3.8, 4) is 0 Å². The molecular weight excluding hydrogens is 288 g/mol. The van der Waals surface area contributed by atoms with E-state index in [-0.39, 0.29) is 6.42 Å². The van der Waals surface area contributed by atoms with E-state index >= 15 is 0 Å². The smallest absolute Gasteiger partial charge is 0.449 e. The van der Waals surface area contributed by atoms with Gasteiger partial charge in [0.2, 0.25) is 0 Å². The lowest BCUT2D eigenvalue weighted by Crippen LogP contribution is -2.42. The van der Waals surface area contributed by atoms with Gasteiger partial charge in [0.25, 0.3) is 0 Å². The number of alkyl halides is 2. The first kappa shape index (κ1) is 18.9. The van der Waals surface area contributed by atoms with Crippen molar-refractivity contribution in [1.82, 2.24) is 5.32 Å². The Balaban J connectivity index is 4.41. The van der Waals surface area contributed by atoms with E-state index < -0.39 is 44.3 Å². The van der Waals surface area contributed by atoms with Gasteiger partial charge in [0.05, 0.1) is 6.61 Å². The predicted molar refractivity (Wildman–Crippen MR) is 63.6 cm³/mol. The van der Waals surface area contributed by atoms with Crippen molar-refractivity contribution < 1.29 is 36.0 Å². The van der Waals surface area contributed by atoms with Crippen LogP contribution in [0, 0.1) is 0 Å². The zero-order valence-corrected chi connectivity index (χ0v) is 11.5. The zero-order valence-electron chi connectivity index (χ0n) is 11.5. The molecule has 0 aromatic rings. The van der Waals surface area contributed by atoms with Crippen molar-refractivity contribution in [1.29, 1.82) is 0 Å². The molecule has 0 radical (unpaired) electrons. The SMILES string of the molecule is CC(C)(C)OC(=O)N[C@@H](CCOC(F)F)C[B-](F)(F)F. The summed E-state index contributed by atoms with van der Waals surface area (Å²) in [6.07, 6.45) is -2.70. The van der Waals surface area contributed by atoms with E-state index in [0.717, 1.165) is 0 Å². The molecule has 0 aromatic carbocycles. The molecule has 0 saturated carbocycles. The number of carbonyl (C=O) groups is 1. The Hall–Kier alpha value is -1.06. The summed E-state index contributed by atoms with van der Waals surface area (Å²) in [5.74, 6) is 0. The molecule has 4 nitrogen and oxygen atoms in total. The first-order valence-corrected chi connectivity index (χ1v) is 5.99. The molecule has 0 saturated heterocycles. The fourth-order valence-corrected chi connectivity index (χ4v) is 1.35. The van der Waals surface area contributed by atoms with E-state index in [1.165, 1.54) is 0 Å². The van der Waals surface area contributed by atoms with Gasteiger partial charge in [-0.2, -0.15) is 8.78 Å². The van der Waals surface area contributed by atoms with Crippen molar-refractivity contribution in [2.45, 2.75) is 51.8 Å². The van der Waals surface area contributed by atoms with Gasteiger partial charge >= 0.3 is 19.7 Å². The lowest BCUT2D eigenvalue weighted by molar-refractivity contribution is -0.130. The highest BCUT2D eigenvalue weighted by atomic mass is 19.4. The van der Waals surface area contributed by atoms with Crippen molar-refractivity contribution in [2.75, 3.05) is 6.61 Å². The molecule has 1 N–H and O–H groups in total. The summed E-state index contributed by atoms with van der Waals surface area (Å²) in [5.41, 5.74) is -0.864. The predicted octanol–water partition coefficient (Wildman–Crippen LogP) is 3.36. The van der Waals surface area contributed by atoms with Crippen molar-refractivity contribution in [3.63, 3.8) is 0 Å². The highest BCUT2D eigenvalue weighted by Crippen LogP contribution is 2.19. The van der Waals surface area contributed by atoms with E-state index in [0.29, 0.717) is 0 Å². The molecule has 10 heteroatoms. The number of rotatable bonds is 7. The fraction of sp³-hybridized carbons (Fsp3) is 0.900. The minimum absolute atomic E-state index is 0.384. The van der Waals surface area contributed by atoms with Crippen LogP contribution < -0.4 is 5.32 Å². The second kappa shape index (κ2) is 7.65. The molecule has 0 heterocycles. The number of hydrogen-bond acceptors (Lipinski definition) is 3. The number of alkyl carbamates (subject to hydrolysis) is 1. The molecule has 20 heavy (non-hydrogen) atoms. The van der Waals surface area contributed by atoms with Gasteiger partial charge in [-0.05, 0) is 27.2 Å².